The quantitative estimate of drug-likeness (QED) is 0.0477. The maximum atomic E-state index is 10.9. The first kappa shape index (κ1) is 41.9. The van der Waals surface area contributed by atoms with Gasteiger partial charge in [0, 0.05) is 54.6 Å². The van der Waals surface area contributed by atoms with Crippen molar-refractivity contribution in [1.82, 2.24) is 0 Å². The second kappa shape index (κ2) is 21.7. The van der Waals surface area contributed by atoms with Crippen LogP contribution in [0, 0.1) is 0 Å². The molecule has 0 atom stereocenters. The minimum Gasteiger partial charge on any atom is -0.463 e. The highest BCUT2D eigenvalue weighted by Gasteiger charge is 2.44. The fraction of sp³-hybridized carbons (Fsp3) is 0.500. The molecule has 2 aliphatic rings. The molecule has 2 aliphatic heterocycles. The van der Waals surface area contributed by atoms with Gasteiger partial charge in [0.25, 0.3) is 0 Å². The summed E-state index contributed by atoms with van der Waals surface area (Å²) in [6.45, 7) is 20.0. The molecule has 0 bridgehead atoms. The van der Waals surface area contributed by atoms with Crippen molar-refractivity contribution in [2.75, 3.05) is 90.7 Å². The van der Waals surface area contributed by atoms with E-state index in [0.717, 1.165) is 26.1 Å². The van der Waals surface area contributed by atoms with Crippen LogP contribution in [0.3, 0.4) is 0 Å². The van der Waals surface area contributed by atoms with E-state index >= 15 is 0 Å². The summed E-state index contributed by atoms with van der Waals surface area (Å²) in [5.41, 5.74) is 7.28. The van der Waals surface area contributed by atoms with Crippen molar-refractivity contribution in [2.45, 2.75) is 58.8 Å². The van der Waals surface area contributed by atoms with E-state index in [9.17, 15) is 4.79 Å². The Morgan fingerprint density at radius 2 is 1.23 bits per heavy atom. The molecule has 53 heavy (non-hydrogen) atoms. The molecule has 0 N–H and O–H groups in total. The lowest BCUT2D eigenvalue weighted by Gasteiger charge is -2.27. The largest absolute Gasteiger partial charge is 0.463 e. The van der Waals surface area contributed by atoms with Crippen LogP contribution in [-0.2, 0) is 44.0 Å². The van der Waals surface area contributed by atoms with Gasteiger partial charge < -0.3 is 33.3 Å². The number of carbonyl (C=O) groups excluding carboxylic acids is 1. The SMILES string of the molecule is CCCOCCOCCOCCN1/C(=C/C=C\C=C/C=C\C2=[N+](CCOCCOCCOC(C)=O)c3ccccc3C2(C)C)C(C)(C)c2ccccc21. The average Bonchev–Trinajstić information content (AvgIpc) is 3.49. The number of anilines is 1. The fourth-order valence-electron chi connectivity index (χ4n) is 6.81. The van der Waals surface area contributed by atoms with Gasteiger partial charge in [-0.3, -0.25) is 4.79 Å². The van der Waals surface area contributed by atoms with Gasteiger partial charge in [0.15, 0.2) is 12.3 Å². The van der Waals surface area contributed by atoms with Crippen molar-refractivity contribution in [3.63, 3.8) is 0 Å². The molecule has 4 rings (SSSR count). The summed E-state index contributed by atoms with van der Waals surface area (Å²) in [7, 11) is 0. The zero-order valence-corrected chi connectivity index (χ0v) is 32.8. The minimum absolute atomic E-state index is 0.128. The van der Waals surface area contributed by atoms with E-state index < -0.39 is 0 Å². The van der Waals surface area contributed by atoms with Crippen molar-refractivity contribution in [3.8, 4) is 0 Å². The number of allylic oxidation sites excluding steroid dienone is 8. The van der Waals surface area contributed by atoms with Crippen molar-refractivity contribution >= 4 is 23.1 Å². The van der Waals surface area contributed by atoms with Gasteiger partial charge in [-0.25, -0.2) is 0 Å². The summed E-state index contributed by atoms with van der Waals surface area (Å²) < 4.78 is 35.7. The lowest BCUT2D eigenvalue weighted by molar-refractivity contribution is -0.442. The van der Waals surface area contributed by atoms with Gasteiger partial charge in [-0.05, 0) is 38.0 Å². The van der Waals surface area contributed by atoms with Crippen LogP contribution in [0.25, 0.3) is 0 Å². The van der Waals surface area contributed by atoms with Crippen LogP contribution < -0.4 is 4.90 Å². The van der Waals surface area contributed by atoms with Crippen LogP contribution in [0.4, 0.5) is 11.4 Å². The molecular formula is C44H61N2O7+. The molecule has 0 amide bonds. The number of benzene rings is 2. The van der Waals surface area contributed by atoms with E-state index in [4.69, 9.17) is 28.4 Å². The van der Waals surface area contributed by atoms with E-state index in [2.05, 4.69) is 135 Å². The lowest BCUT2D eigenvalue weighted by atomic mass is 9.81. The molecule has 288 valence electrons. The molecule has 2 aromatic carbocycles. The maximum Gasteiger partial charge on any atom is 0.302 e. The summed E-state index contributed by atoms with van der Waals surface area (Å²) in [4.78, 5) is 13.3. The average molecular weight is 730 g/mol. The van der Waals surface area contributed by atoms with Crippen LogP contribution in [0.5, 0.6) is 0 Å². The Hall–Kier alpha value is -3.86. The highest BCUT2D eigenvalue weighted by molar-refractivity contribution is 6.03. The first-order chi connectivity index (χ1) is 25.7. The number of ether oxygens (including phenoxy) is 6. The Bertz CT molecular complexity index is 1600. The molecule has 0 aromatic heterocycles. The predicted molar refractivity (Wildman–Crippen MR) is 213 cm³/mol. The van der Waals surface area contributed by atoms with Crippen LogP contribution in [-0.4, -0.2) is 102 Å². The Balaban J connectivity index is 1.34. The Morgan fingerprint density at radius 1 is 0.660 bits per heavy atom. The molecule has 0 aliphatic carbocycles. The molecule has 2 aromatic rings. The van der Waals surface area contributed by atoms with Gasteiger partial charge in [-0.2, -0.15) is 4.58 Å². The number of para-hydroxylation sites is 2. The summed E-state index contributed by atoms with van der Waals surface area (Å²) in [5.74, 6) is -0.299. The molecule has 0 fully saturated rings. The Morgan fingerprint density at radius 3 is 1.92 bits per heavy atom. The third kappa shape index (κ3) is 12.1. The maximum absolute atomic E-state index is 10.9. The molecule has 2 heterocycles. The van der Waals surface area contributed by atoms with E-state index in [-0.39, 0.29) is 23.4 Å². The van der Waals surface area contributed by atoms with Gasteiger partial charge in [0.1, 0.15) is 13.2 Å². The summed E-state index contributed by atoms with van der Waals surface area (Å²) >= 11 is 0. The fourth-order valence-corrected chi connectivity index (χ4v) is 6.81. The van der Waals surface area contributed by atoms with Crippen LogP contribution in [0.2, 0.25) is 0 Å². The minimum atomic E-state index is -0.299. The molecule has 0 spiro atoms. The Kier molecular flexibility index (Phi) is 17.2. The van der Waals surface area contributed by atoms with Crippen molar-refractivity contribution in [3.05, 3.63) is 108 Å². The van der Waals surface area contributed by atoms with Crippen LogP contribution in [0.1, 0.15) is 59.1 Å². The van der Waals surface area contributed by atoms with E-state index in [0.29, 0.717) is 59.5 Å². The van der Waals surface area contributed by atoms with E-state index in [1.807, 2.05) is 0 Å². The first-order valence-electron chi connectivity index (χ1n) is 19.0. The number of esters is 1. The number of rotatable bonds is 24. The lowest BCUT2D eigenvalue weighted by Crippen LogP contribution is -2.29. The molecular weight excluding hydrogens is 668 g/mol. The zero-order chi connectivity index (χ0) is 37.9. The van der Waals surface area contributed by atoms with Gasteiger partial charge >= 0.3 is 5.97 Å². The highest BCUT2D eigenvalue weighted by Crippen LogP contribution is 2.47. The predicted octanol–water partition coefficient (Wildman–Crippen LogP) is 7.47. The second-order valence-electron chi connectivity index (χ2n) is 14.1. The Labute approximate surface area is 317 Å². The summed E-state index contributed by atoms with van der Waals surface area (Å²) in [6.07, 6.45) is 16.0. The van der Waals surface area contributed by atoms with Gasteiger partial charge in [-0.15, -0.1) is 0 Å². The summed E-state index contributed by atoms with van der Waals surface area (Å²) in [6, 6.07) is 17.2. The van der Waals surface area contributed by atoms with Crippen molar-refractivity contribution in [1.29, 1.82) is 0 Å². The van der Waals surface area contributed by atoms with E-state index in [1.165, 1.54) is 40.8 Å². The zero-order valence-electron chi connectivity index (χ0n) is 32.8. The highest BCUT2D eigenvalue weighted by atomic mass is 16.6. The first-order valence-corrected chi connectivity index (χ1v) is 19.0. The molecule has 0 saturated carbocycles. The number of nitrogens with zero attached hydrogens (tertiary/aromatic N) is 2. The number of hydrogen-bond donors (Lipinski definition) is 0. The van der Waals surface area contributed by atoms with E-state index in [1.54, 1.807) is 0 Å². The van der Waals surface area contributed by atoms with Crippen molar-refractivity contribution in [2.24, 2.45) is 0 Å². The number of carbonyl (C=O) groups is 1. The molecule has 0 saturated heterocycles. The standard InChI is InChI=1S/C44H61N2O7/c1-7-25-48-28-31-51-32-29-49-26-23-45-39-19-15-13-17-37(39)43(3,4)41(45)21-11-9-8-10-12-22-42-44(5,6)38-18-14-16-20-40(38)46(42)24-27-50-30-33-52-34-35-53-36(2)47/h8-22H,7,23-35H2,1-6H3/q+1. The third-order valence-corrected chi connectivity index (χ3v) is 9.47. The topological polar surface area (TPSA) is 78.7 Å². The molecule has 9 nitrogen and oxygen atoms in total. The molecule has 0 unspecified atom stereocenters. The molecule has 0 radical (unpaired) electrons. The summed E-state index contributed by atoms with van der Waals surface area (Å²) in [5, 5.41) is 0. The van der Waals surface area contributed by atoms with Crippen LogP contribution >= 0.6 is 0 Å². The smallest absolute Gasteiger partial charge is 0.302 e. The normalized spacial score (nSPS) is 16.9. The third-order valence-electron chi connectivity index (χ3n) is 9.47. The van der Waals surface area contributed by atoms with Gasteiger partial charge in [0.05, 0.1) is 58.3 Å². The van der Waals surface area contributed by atoms with Gasteiger partial charge in [-0.1, -0.05) is 87.5 Å². The number of hydrogen-bond acceptors (Lipinski definition) is 8. The molecule has 9 heteroatoms. The van der Waals surface area contributed by atoms with Gasteiger partial charge in [0.2, 0.25) is 5.69 Å². The monoisotopic (exact) mass is 729 g/mol. The second-order valence-corrected chi connectivity index (χ2v) is 14.1. The number of fused-ring (bicyclic) bond motifs is 2. The van der Waals surface area contributed by atoms with Crippen LogP contribution in [0.15, 0.2) is 96.8 Å². The van der Waals surface area contributed by atoms with Crippen molar-refractivity contribution < 1.29 is 37.8 Å².